The van der Waals surface area contributed by atoms with Crippen molar-refractivity contribution in [1.29, 1.82) is 0 Å². The molecule has 0 radical (unpaired) electrons. The summed E-state index contributed by atoms with van der Waals surface area (Å²) in [5, 5.41) is 26.3. The molecule has 0 bridgehead atoms. The van der Waals surface area contributed by atoms with Crippen molar-refractivity contribution in [3.63, 3.8) is 0 Å². The molecule has 10 nitrogen and oxygen atoms in total. The van der Waals surface area contributed by atoms with E-state index >= 15 is 0 Å². The first-order valence-electron chi connectivity index (χ1n) is 13.1. The zero-order chi connectivity index (χ0) is 29.2. The number of hydrogen-bond acceptors (Lipinski definition) is 8. The molecule has 0 unspecified atom stereocenters. The van der Waals surface area contributed by atoms with Gasteiger partial charge in [0.1, 0.15) is 5.54 Å². The fraction of sp³-hybridized carbons (Fsp3) is 0.267. The smallest absolute Gasteiger partial charge is 0.338 e. The van der Waals surface area contributed by atoms with Crippen LogP contribution in [0.2, 0.25) is 5.02 Å². The topological polar surface area (TPSA) is 145 Å². The van der Waals surface area contributed by atoms with Gasteiger partial charge in [-0.15, -0.1) is 0 Å². The van der Waals surface area contributed by atoms with Gasteiger partial charge in [-0.25, -0.2) is 9.69 Å². The van der Waals surface area contributed by atoms with E-state index in [-0.39, 0.29) is 35.8 Å². The Morgan fingerprint density at radius 2 is 1.76 bits per heavy atom. The standard InChI is InChI=1S/C30H26ClN3O7/c1-3-41-28(39)16-5-7-17(8-6-16)34-26(37)23-20(12-15-4-9-21(35)22(36)13-15)33-30(24(23)27(34)38)18-10-14(2)11-19(31)25(18)32-29(30)40/h4-11,13,20,23-24,33,35-36H,3,12H2,1-2H3,(H,32,40)/t20-,23+,24-,30-/m0/s1. The van der Waals surface area contributed by atoms with Gasteiger partial charge in [0.05, 0.1) is 40.4 Å². The molecule has 0 saturated carbocycles. The number of aromatic hydroxyl groups is 2. The first-order valence-corrected chi connectivity index (χ1v) is 13.5. The number of phenolic OH excluding ortho intramolecular Hbond substituents is 2. The Labute approximate surface area is 239 Å². The molecule has 11 heteroatoms. The molecule has 210 valence electrons. The highest BCUT2D eigenvalue weighted by atomic mass is 35.5. The number of halogens is 1. The number of phenols is 2. The number of rotatable bonds is 5. The minimum absolute atomic E-state index is 0.174. The van der Waals surface area contributed by atoms with Gasteiger partial charge >= 0.3 is 5.97 Å². The largest absolute Gasteiger partial charge is 0.504 e. The van der Waals surface area contributed by atoms with Gasteiger partial charge in [0.15, 0.2) is 11.5 Å². The van der Waals surface area contributed by atoms with Gasteiger partial charge in [-0.2, -0.15) is 0 Å². The van der Waals surface area contributed by atoms with Crippen molar-refractivity contribution in [3.8, 4) is 11.5 Å². The lowest BCUT2D eigenvalue weighted by atomic mass is 9.76. The summed E-state index contributed by atoms with van der Waals surface area (Å²) in [6.45, 7) is 3.72. The maximum absolute atomic E-state index is 14.2. The normalized spacial score (nSPS) is 24.5. The minimum atomic E-state index is -1.58. The van der Waals surface area contributed by atoms with Crippen LogP contribution in [0.25, 0.3) is 0 Å². The van der Waals surface area contributed by atoms with Crippen LogP contribution in [0, 0.1) is 18.8 Å². The van der Waals surface area contributed by atoms with E-state index in [1.54, 1.807) is 25.1 Å². The summed E-state index contributed by atoms with van der Waals surface area (Å²) < 4.78 is 5.03. The lowest BCUT2D eigenvalue weighted by Gasteiger charge is -2.30. The third-order valence-electron chi connectivity index (χ3n) is 8.05. The van der Waals surface area contributed by atoms with Crippen LogP contribution in [0.3, 0.4) is 0 Å². The number of carbonyl (C=O) groups is 4. The number of ether oxygens (including phenoxy) is 1. The van der Waals surface area contributed by atoms with E-state index in [4.69, 9.17) is 16.3 Å². The number of nitrogens with one attached hydrogen (secondary N) is 2. The Bertz CT molecular complexity index is 1640. The highest BCUT2D eigenvalue weighted by molar-refractivity contribution is 6.35. The highest BCUT2D eigenvalue weighted by Crippen LogP contribution is 2.55. The van der Waals surface area contributed by atoms with E-state index in [0.29, 0.717) is 21.8 Å². The monoisotopic (exact) mass is 575 g/mol. The van der Waals surface area contributed by atoms with Crippen LogP contribution in [0.1, 0.15) is 34.0 Å². The predicted octanol–water partition coefficient (Wildman–Crippen LogP) is 3.40. The van der Waals surface area contributed by atoms with Crippen LogP contribution in [0.5, 0.6) is 11.5 Å². The lowest BCUT2D eigenvalue weighted by Crippen LogP contribution is -2.53. The number of anilines is 2. The summed E-state index contributed by atoms with van der Waals surface area (Å²) >= 11 is 6.50. The van der Waals surface area contributed by atoms with E-state index in [0.717, 1.165) is 10.5 Å². The van der Waals surface area contributed by atoms with Gasteiger partial charge in [0.25, 0.3) is 0 Å². The second-order valence-electron chi connectivity index (χ2n) is 10.5. The van der Waals surface area contributed by atoms with Crippen LogP contribution in [0.15, 0.2) is 54.6 Å². The summed E-state index contributed by atoms with van der Waals surface area (Å²) in [5.74, 6) is -4.74. The fourth-order valence-electron chi connectivity index (χ4n) is 6.33. The summed E-state index contributed by atoms with van der Waals surface area (Å²) in [6.07, 6.45) is 0.174. The van der Waals surface area contributed by atoms with Crippen molar-refractivity contribution in [1.82, 2.24) is 5.32 Å². The molecule has 3 aliphatic heterocycles. The average Bonchev–Trinajstić information content (AvgIpc) is 3.51. The third kappa shape index (κ3) is 3.97. The molecule has 0 aromatic heterocycles. The third-order valence-corrected chi connectivity index (χ3v) is 8.35. The molecule has 0 aliphatic carbocycles. The molecule has 3 aromatic rings. The number of fused-ring (bicyclic) bond motifs is 4. The zero-order valence-corrected chi connectivity index (χ0v) is 22.9. The molecule has 2 saturated heterocycles. The zero-order valence-electron chi connectivity index (χ0n) is 22.1. The van der Waals surface area contributed by atoms with Crippen molar-refractivity contribution in [3.05, 3.63) is 81.9 Å². The predicted molar refractivity (Wildman–Crippen MR) is 149 cm³/mol. The van der Waals surface area contributed by atoms with Crippen LogP contribution >= 0.6 is 11.6 Å². The summed E-state index contributed by atoms with van der Waals surface area (Å²) in [5.41, 5.74) is 1.19. The molecular formula is C30H26ClN3O7. The van der Waals surface area contributed by atoms with Crippen molar-refractivity contribution >= 4 is 46.7 Å². The molecule has 41 heavy (non-hydrogen) atoms. The number of benzene rings is 3. The van der Waals surface area contributed by atoms with Gasteiger partial charge in [0, 0.05) is 11.6 Å². The molecular weight excluding hydrogens is 550 g/mol. The summed E-state index contributed by atoms with van der Waals surface area (Å²) in [6, 6.07) is 13.1. The first-order chi connectivity index (χ1) is 19.6. The van der Waals surface area contributed by atoms with E-state index in [1.807, 2.05) is 6.92 Å². The molecule has 1 spiro atoms. The number of aryl methyl sites for hydroxylation is 1. The van der Waals surface area contributed by atoms with E-state index in [2.05, 4.69) is 10.6 Å². The van der Waals surface area contributed by atoms with E-state index in [1.165, 1.54) is 36.4 Å². The number of hydrogen-bond donors (Lipinski definition) is 4. The quantitative estimate of drug-likeness (QED) is 0.206. The van der Waals surface area contributed by atoms with Gasteiger partial charge in [-0.3, -0.25) is 19.7 Å². The van der Waals surface area contributed by atoms with Gasteiger partial charge in [-0.05, 0) is 73.9 Å². The Morgan fingerprint density at radius 3 is 2.44 bits per heavy atom. The molecule has 3 aromatic carbocycles. The molecule has 4 atom stereocenters. The Morgan fingerprint density at radius 1 is 1.02 bits per heavy atom. The SMILES string of the molecule is CCOC(=O)c1ccc(N2C(=O)[C@@H]3[C@H](Cc4ccc(O)c(O)c4)N[C@]4(C(=O)Nc5c(Cl)cc(C)cc54)[C@@H]3C2=O)cc1. The molecule has 3 amide bonds. The van der Waals surface area contributed by atoms with Crippen molar-refractivity contribution in [2.24, 2.45) is 11.8 Å². The Kier molecular flexibility index (Phi) is 6.28. The van der Waals surface area contributed by atoms with Crippen LogP contribution in [-0.4, -0.2) is 46.6 Å². The maximum Gasteiger partial charge on any atom is 0.338 e. The van der Waals surface area contributed by atoms with Crippen molar-refractivity contribution < 1.29 is 34.1 Å². The summed E-state index contributed by atoms with van der Waals surface area (Å²) in [7, 11) is 0. The first kappa shape index (κ1) is 26.8. The maximum atomic E-state index is 14.2. The second-order valence-corrected chi connectivity index (χ2v) is 10.9. The van der Waals surface area contributed by atoms with E-state index < -0.39 is 47.1 Å². The molecule has 3 aliphatic rings. The number of imide groups is 1. The van der Waals surface area contributed by atoms with Gasteiger partial charge < -0.3 is 20.3 Å². The number of amides is 3. The van der Waals surface area contributed by atoms with E-state index in [9.17, 15) is 29.4 Å². The van der Waals surface area contributed by atoms with Crippen LogP contribution in [-0.2, 0) is 31.1 Å². The molecule has 4 N–H and O–H groups in total. The van der Waals surface area contributed by atoms with Crippen LogP contribution in [0.4, 0.5) is 11.4 Å². The van der Waals surface area contributed by atoms with Crippen molar-refractivity contribution in [2.75, 3.05) is 16.8 Å². The second kappa shape index (κ2) is 9.60. The number of carbonyl (C=O) groups excluding carboxylic acids is 4. The Balaban J connectivity index is 1.46. The molecule has 6 rings (SSSR count). The van der Waals surface area contributed by atoms with Crippen molar-refractivity contribution in [2.45, 2.75) is 31.8 Å². The minimum Gasteiger partial charge on any atom is -0.504 e. The van der Waals surface area contributed by atoms with Crippen LogP contribution < -0.4 is 15.5 Å². The number of esters is 1. The molecule has 2 fully saturated rings. The lowest BCUT2D eigenvalue weighted by molar-refractivity contribution is -0.130. The van der Waals surface area contributed by atoms with Gasteiger partial charge in [0.2, 0.25) is 17.7 Å². The highest BCUT2D eigenvalue weighted by Gasteiger charge is 2.70. The number of nitrogens with zero attached hydrogens (tertiary/aromatic N) is 1. The van der Waals surface area contributed by atoms with Gasteiger partial charge in [-0.1, -0.05) is 23.7 Å². The Hall–Kier alpha value is -4.41. The summed E-state index contributed by atoms with van der Waals surface area (Å²) in [4.78, 5) is 55.2. The average molecular weight is 576 g/mol. The molecule has 3 heterocycles. The fourth-order valence-corrected chi connectivity index (χ4v) is 6.66.